The first kappa shape index (κ1) is 21.8. The van der Waals surface area contributed by atoms with E-state index in [0.717, 1.165) is 10.5 Å². The summed E-state index contributed by atoms with van der Waals surface area (Å²) in [5, 5.41) is 6.28. The van der Waals surface area contributed by atoms with Gasteiger partial charge in [-0.25, -0.2) is 4.79 Å². The van der Waals surface area contributed by atoms with Gasteiger partial charge in [-0.3, -0.25) is 14.5 Å². The van der Waals surface area contributed by atoms with Gasteiger partial charge in [0.15, 0.2) is 0 Å². The first-order valence-corrected chi connectivity index (χ1v) is 10.4. The Morgan fingerprint density at radius 3 is 2.30 bits per heavy atom. The summed E-state index contributed by atoms with van der Waals surface area (Å²) in [6.07, 6.45) is 0.357. The summed E-state index contributed by atoms with van der Waals surface area (Å²) in [5.74, 6) is -0.680. The number of hydrogen-bond acceptors (Lipinski definition) is 3. The molecule has 1 heterocycles. The second-order valence-corrected chi connectivity index (χ2v) is 8.22. The van der Waals surface area contributed by atoms with Crippen molar-refractivity contribution in [3.8, 4) is 0 Å². The number of nitrogens with one attached hydrogen (secondary N) is 2. The smallest absolute Gasteiger partial charge is 0.325 e. The minimum Gasteiger partial charge on any atom is -0.347 e. The van der Waals surface area contributed by atoms with Gasteiger partial charge in [0.2, 0.25) is 5.91 Å². The normalized spacial score (nSPS) is 19.7. The highest BCUT2D eigenvalue weighted by Crippen LogP contribution is 2.33. The minimum atomic E-state index is -1.20. The lowest BCUT2D eigenvalue weighted by atomic mass is 9.87. The van der Waals surface area contributed by atoms with Crippen LogP contribution in [0.1, 0.15) is 44.4 Å². The highest BCUT2D eigenvalue weighted by atomic mass is 35.5. The van der Waals surface area contributed by atoms with Crippen molar-refractivity contribution >= 4 is 29.4 Å². The number of hydrogen-bond donors (Lipinski definition) is 2. The van der Waals surface area contributed by atoms with Gasteiger partial charge in [0.1, 0.15) is 12.1 Å². The standard InChI is InChI=1S/C23H26ClN3O3/c1-4-23(17-10-12-18(24)13-11-17)21(29)27(22(30)26-23)14-19(28)25-20(15(2)3)16-8-6-5-7-9-16/h5-13,15,20H,4,14H2,1-3H3,(H,25,28)(H,26,30). The Morgan fingerprint density at radius 1 is 1.10 bits per heavy atom. The zero-order chi connectivity index (χ0) is 21.9. The molecule has 0 spiro atoms. The van der Waals surface area contributed by atoms with E-state index in [1.165, 1.54) is 0 Å². The molecule has 1 aliphatic heterocycles. The van der Waals surface area contributed by atoms with Gasteiger partial charge in [-0.1, -0.05) is 74.8 Å². The molecule has 1 fully saturated rings. The molecule has 0 aliphatic carbocycles. The van der Waals surface area contributed by atoms with Gasteiger partial charge in [-0.05, 0) is 35.6 Å². The molecule has 2 aromatic rings. The van der Waals surface area contributed by atoms with E-state index in [1.54, 1.807) is 24.3 Å². The Balaban J connectivity index is 1.77. The van der Waals surface area contributed by atoms with Crippen molar-refractivity contribution in [1.29, 1.82) is 0 Å². The fourth-order valence-corrected chi connectivity index (χ4v) is 3.93. The Hall–Kier alpha value is -2.86. The predicted octanol–water partition coefficient (Wildman–Crippen LogP) is 4.01. The summed E-state index contributed by atoms with van der Waals surface area (Å²) in [6.45, 7) is 5.50. The molecule has 6 nitrogen and oxygen atoms in total. The lowest BCUT2D eigenvalue weighted by Crippen LogP contribution is -2.45. The number of rotatable bonds is 7. The second kappa shape index (κ2) is 8.88. The van der Waals surface area contributed by atoms with Crippen LogP contribution in [0, 0.1) is 5.92 Å². The SMILES string of the molecule is CCC1(c2ccc(Cl)cc2)NC(=O)N(CC(=O)NC(c2ccccc2)C(C)C)C1=O. The highest BCUT2D eigenvalue weighted by molar-refractivity contribution is 6.30. The zero-order valence-electron chi connectivity index (χ0n) is 17.3. The second-order valence-electron chi connectivity index (χ2n) is 7.79. The number of amides is 4. The van der Waals surface area contributed by atoms with Gasteiger partial charge in [0, 0.05) is 5.02 Å². The number of urea groups is 1. The third-order valence-electron chi connectivity index (χ3n) is 5.49. The van der Waals surface area contributed by atoms with Crippen molar-refractivity contribution < 1.29 is 14.4 Å². The maximum Gasteiger partial charge on any atom is 0.325 e. The van der Waals surface area contributed by atoms with E-state index >= 15 is 0 Å². The number of carbonyl (C=O) groups excluding carboxylic acids is 3. The number of benzene rings is 2. The molecule has 2 atom stereocenters. The van der Waals surface area contributed by atoms with Crippen LogP contribution in [0.2, 0.25) is 5.02 Å². The van der Waals surface area contributed by atoms with Gasteiger partial charge < -0.3 is 10.6 Å². The molecule has 1 saturated heterocycles. The third kappa shape index (κ3) is 4.19. The van der Waals surface area contributed by atoms with Gasteiger partial charge in [-0.15, -0.1) is 0 Å². The summed E-state index contributed by atoms with van der Waals surface area (Å²) in [7, 11) is 0. The maximum atomic E-state index is 13.2. The van der Waals surface area contributed by atoms with Crippen LogP contribution in [0.4, 0.5) is 4.79 Å². The monoisotopic (exact) mass is 427 g/mol. The molecule has 0 saturated carbocycles. The molecule has 1 aliphatic rings. The van der Waals surface area contributed by atoms with E-state index < -0.39 is 17.5 Å². The lowest BCUT2D eigenvalue weighted by molar-refractivity contribution is -0.135. The predicted molar refractivity (Wildman–Crippen MR) is 116 cm³/mol. The summed E-state index contributed by atoms with van der Waals surface area (Å²) < 4.78 is 0. The van der Waals surface area contributed by atoms with Crippen molar-refractivity contribution in [2.45, 2.75) is 38.8 Å². The fourth-order valence-electron chi connectivity index (χ4n) is 3.80. The molecular formula is C23H26ClN3O3. The molecule has 7 heteroatoms. The summed E-state index contributed by atoms with van der Waals surface area (Å²) in [6, 6.07) is 15.6. The first-order chi connectivity index (χ1) is 14.3. The number of halogens is 1. The van der Waals surface area contributed by atoms with Gasteiger partial charge in [-0.2, -0.15) is 0 Å². The average Bonchev–Trinajstić information content (AvgIpc) is 2.98. The Labute approximate surface area is 181 Å². The molecular weight excluding hydrogens is 402 g/mol. The molecule has 158 valence electrons. The van der Waals surface area contributed by atoms with Gasteiger partial charge in [0.05, 0.1) is 6.04 Å². The Bertz CT molecular complexity index is 930. The van der Waals surface area contributed by atoms with Gasteiger partial charge in [0.25, 0.3) is 5.91 Å². The third-order valence-corrected chi connectivity index (χ3v) is 5.74. The maximum absolute atomic E-state index is 13.2. The minimum absolute atomic E-state index is 0.142. The molecule has 30 heavy (non-hydrogen) atoms. The van der Waals surface area contributed by atoms with Crippen LogP contribution in [0.5, 0.6) is 0 Å². The van der Waals surface area contributed by atoms with Crippen LogP contribution in [-0.2, 0) is 15.1 Å². The van der Waals surface area contributed by atoms with Crippen molar-refractivity contribution in [3.05, 3.63) is 70.7 Å². The Morgan fingerprint density at radius 2 is 1.73 bits per heavy atom. The first-order valence-electron chi connectivity index (χ1n) is 10.0. The van der Waals surface area contributed by atoms with Crippen LogP contribution in [0.3, 0.4) is 0 Å². The van der Waals surface area contributed by atoms with Crippen LogP contribution in [0.25, 0.3) is 0 Å². The molecule has 0 bridgehead atoms. The molecule has 2 unspecified atom stereocenters. The average molecular weight is 428 g/mol. The molecule has 0 aromatic heterocycles. The van der Waals surface area contributed by atoms with E-state index in [9.17, 15) is 14.4 Å². The quantitative estimate of drug-likeness (QED) is 0.655. The molecule has 4 amide bonds. The van der Waals surface area contributed by atoms with Crippen LogP contribution < -0.4 is 10.6 Å². The summed E-state index contributed by atoms with van der Waals surface area (Å²) in [5.41, 5.74) is 0.417. The van der Waals surface area contributed by atoms with Crippen molar-refractivity contribution in [1.82, 2.24) is 15.5 Å². The van der Waals surface area contributed by atoms with E-state index in [-0.39, 0.29) is 24.4 Å². The summed E-state index contributed by atoms with van der Waals surface area (Å²) in [4.78, 5) is 39.6. The van der Waals surface area contributed by atoms with Crippen molar-refractivity contribution in [2.75, 3.05) is 6.54 Å². The molecule has 2 aromatic carbocycles. The van der Waals surface area contributed by atoms with E-state index in [0.29, 0.717) is 17.0 Å². The van der Waals surface area contributed by atoms with Crippen LogP contribution in [0.15, 0.2) is 54.6 Å². The number of imide groups is 1. The zero-order valence-corrected chi connectivity index (χ0v) is 18.1. The summed E-state index contributed by atoms with van der Waals surface area (Å²) >= 11 is 5.96. The Kier molecular flexibility index (Phi) is 6.46. The van der Waals surface area contributed by atoms with E-state index in [1.807, 2.05) is 51.1 Å². The van der Waals surface area contributed by atoms with Crippen LogP contribution >= 0.6 is 11.6 Å². The molecule has 3 rings (SSSR count). The molecule has 2 N–H and O–H groups in total. The topological polar surface area (TPSA) is 78.5 Å². The number of carbonyl (C=O) groups is 3. The van der Waals surface area contributed by atoms with Gasteiger partial charge >= 0.3 is 6.03 Å². The highest BCUT2D eigenvalue weighted by Gasteiger charge is 2.51. The lowest BCUT2D eigenvalue weighted by Gasteiger charge is -2.26. The van der Waals surface area contributed by atoms with Crippen LogP contribution in [-0.4, -0.2) is 29.3 Å². The van der Waals surface area contributed by atoms with E-state index in [4.69, 9.17) is 11.6 Å². The van der Waals surface area contributed by atoms with Crippen molar-refractivity contribution in [2.24, 2.45) is 5.92 Å². The number of nitrogens with zero attached hydrogens (tertiary/aromatic N) is 1. The fraction of sp³-hybridized carbons (Fsp3) is 0.348. The van der Waals surface area contributed by atoms with E-state index in [2.05, 4.69) is 10.6 Å². The molecule has 0 radical (unpaired) electrons. The van der Waals surface area contributed by atoms with Crippen molar-refractivity contribution in [3.63, 3.8) is 0 Å². The largest absolute Gasteiger partial charge is 0.347 e.